The number of sulfonamides is 1. The summed E-state index contributed by atoms with van der Waals surface area (Å²) in [6.45, 7) is 0. The van der Waals surface area contributed by atoms with Crippen LogP contribution in [0.4, 0.5) is 5.69 Å². The lowest BCUT2D eigenvalue weighted by Crippen LogP contribution is -2.26. The van der Waals surface area contributed by atoms with E-state index < -0.39 is 10.0 Å². The quantitative estimate of drug-likeness (QED) is 0.747. The highest BCUT2D eigenvalue weighted by molar-refractivity contribution is 7.94. The topological polar surface area (TPSA) is 83.1 Å². The molecule has 3 rings (SSSR count). The summed E-state index contributed by atoms with van der Waals surface area (Å²) in [5.41, 5.74) is 1.47. The number of nitrogens with zero attached hydrogens (tertiary/aromatic N) is 2. The number of thiazole rings is 1. The fraction of sp³-hybridized carbons (Fsp3) is 0.0769. The Labute approximate surface area is 125 Å². The van der Waals surface area contributed by atoms with Crippen LogP contribution >= 0.6 is 11.3 Å². The van der Waals surface area contributed by atoms with Crippen molar-refractivity contribution in [3.05, 3.63) is 41.5 Å². The summed E-state index contributed by atoms with van der Waals surface area (Å²) >= 11 is 1.06. The number of benzene rings is 1. The summed E-state index contributed by atoms with van der Waals surface area (Å²) in [6.07, 6.45) is 2.14. The van der Waals surface area contributed by atoms with Crippen LogP contribution in [-0.4, -0.2) is 31.7 Å². The van der Waals surface area contributed by atoms with Gasteiger partial charge >= 0.3 is 0 Å². The number of fused-ring (bicyclic) bond motifs is 1. The second-order valence-electron chi connectivity index (χ2n) is 4.35. The predicted molar refractivity (Wildman–Crippen MR) is 81.4 cm³/mol. The van der Waals surface area contributed by atoms with E-state index in [1.165, 1.54) is 17.5 Å². The number of hydrogen-bond acceptors (Lipinski definition) is 5. The molecule has 0 aliphatic heterocycles. The van der Waals surface area contributed by atoms with Crippen molar-refractivity contribution < 1.29 is 13.2 Å². The van der Waals surface area contributed by atoms with E-state index in [9.17, 15) is 13.2 Å². The summed E-state index contributed by atoms with van der Waals surface area (Å²) in [4.78, 5) is 17.6. The van der Waals surface area contributed by atoms with Gasteiger partial charge in [-0.15, -0.1) is 11.3 Å². The lowest BCUT2D eigenvalue weighted by molar-refractivity contribution is 0.112. The Hall–Kier alpha value is -2.19. The zero-order chi connectivity index (χ0) is 15.0. The largest absolute Gasteiger partial charge is 0.351 e. The molecule has 0 aliphatic carbocycles. The normalized spacial score (nSPS) is 11.7. The second-order valence-corrected chi connectivity index (χ2v) is 7.39. The number of H-pyrrole nitrogens is 1. The third-order valence-electron chi connectivity index (χ3n) is 3.11. The summed E-state index contributed by atoms with van der Waals surface area (Å²) in [5, 5.41) is 2.39. The number of anilines is 1. The van der Waals surface area contributed by atoms with Crippen LogP contribution in [0.2, 0.25) is 0 Å². The van der Waals surface area contributed by atoms with Gasteiger partial charge in [0.1, 0.15) is 0 Å². The Morgan fingerprint density at radius 1 is 1.38 bits per heavy atom. The number of para-hydroxylation sites is 1. The molecule has 1 aromatic carbocycles. The van der Waals surface area contributed by atoms with Gasteiger partial charge in [-0.2, -0.15) is 8.42 Å². The van der Waals surface area contributed by atoms with Crippen LogP contribution in [0.25, 0.3) is 10.9 Å². The monoisotopic (exact) mass is 321 g/mol. The van der Waals surface area contributed by atoms with E-state index in [4.69, 9.17) is 0 Å². The van der Waals surface area contributed by atoms with Crippen molar-refractivity contribution in [1.29, 1.82) is 0 Å². The number of aldehydes is 1. The van der Waals surface area contributed by atoms with Crippen LogP contribution in [0.15, 0.2) is 40.2 Å². The highest BCUT2D eigenvalue weighted by atomic mass is 32.2. The first-order valence-electron chi connectivity index (χ1n) is 5.99. The molecule has 0 saturated carbocycles. The van der Waals surface area contributed by atoms with E-state index in [0.29, 0.717) is 23.2 Å². The van der Waals surface area contributed by atoms with Gasteiger partial charge in [-0.1, -0.05) is 12.1 Å². The van der Waals surface area contributed by atoms with Gasteiger partial charge in [0.15, 0.2) is 6.29 Å². The molecule has 0 aliphatic rings. The lowest BCUT2D eigenvalue weighted by Gasteiger charge is -2.18. The minimum Gasteiger partial charge on any atom is -0.351 e. The van der Waals surface area contributed by atoms with Crippen molar-refractivity contribution in [2.24, 2.45) is 0 Å². The minimum atomic E-state index is -3.71. The second kappa shape index (κ2) is 4.97. The molecule has 6 nitrogen and oxygen atoms in total. The molecule has 3 aromatic rings. The summed E-state index contributed by atoms with van der Waals surface area (Å²) in [7, 11) is -2.24. The average Bonchev–Trinajstić information content (AvgIpc) is 3.14. The molecule has 0 saturated heterocycles. The van der Waals surface area contributed by atoms with E-state index in [1.807, 2.05) is 6.07 Å². The van der Waals surface area contributed by atoms with Gasteiger partial charge in [0.2, 0.25) is 4.34 Å². The highest BCUT2D eigenvalue weighted by Crippen LogP contribution is 2.30. The SMILES string of the molecule is CN(c1cccc2cc(C=O)[nH]c12)S(=O)(=O)c1nccs1. The molecular formula is C13H11N3O3S2. The molecule has 0 unspecified atom stereocenters. The molecule has 2 heterocycles. The van der Waals surface area contributed by atoms with E-state index >= 15 is 0 Å². The number of nitrogens with one attached hydrogen (secondary N) is 1. The Kier molecular flexibility index (Phi) is 3.26. The van der Waals surface area contributed by atoms with Crippen LogP contribution in [0.3, 0.4) is 0 Å². The van der Waals surface area contributed by atoms with E-state index in [-0.39, 0.29) is 4.34 Å². The first-order chi connectivity index (χ1) is 10.0. The van der Waals surface area contributed by atoms with E-state index in [0.717, 1.165) is 16.7 Å². The number of hydrogen-bond donors (Lipinski definition) is 1. The molecule has 0 atom stereocenters. The number of aromatic nitrogens is 2. The van der Waals surface area contributed by atoms with Crippen molar-refractivity contribution in [3.8, 4) is 0 Å². The van der Waals surface area contributed by atoms with Crippen molar-refractivity contribution in [1.82, 2.24) is 9.97 Å². The molecule has 108 valence electrons. The molecule has 21 heavy (non-hydrogen) atoms. The van der Waals surface area contributed by atoms with Gasteiger partial charge in [-0.3, -0.25) is 9.10 Å². The maximum Gasteiger partial charge on any atom is 0.291 e. The smallest absolute Gasteiger partial charge is 0.291 e. The molecular weight excluding hydrogens is 310 g/mol. The van der Waals surface area contributed by atoms with Gasteiger partial charge in [-0.05, 0) is 12.1 Å². The van der Waals surface area contributed by atoms with Gasteiger partial charge in [0, 0.05) is 24.0 Å². The number of carbonyl (C=O) groups is 1. The van der Waals surface area contributed by atoms with Crippen molar-refractivity contribution in [2.45, 2.75) is 4.34 Å². The molecule has 8 heteroatoms. The van der Waals surface area contributed by atoms with Crippen molar-refractivity contribution in [3.63, 3.8) is 0 Å². The maximum absolute atomic E-state index is 12.5. The van der Waals surface area contributed by atoms with Gasteiger partial charge < -0.3 is 4.98 Å². The zero-order valence-corrected chi connectivity index (χ0v) is 12.6. The molecule has 0 amide bonds. The Bertz CT molecular complexity index is 898. The summed E-state index contributed by atoms with van der Waals surface area (Å²) in [5.74, 6) is 0. The van der Waals surface area contributed by atoms with Crippen molar-refractivity contribution >= 4 is 44.2 Å². The van der Waals surface area contributed by atoms with Gasteiger partial charge in [-0.25, -0.2) is 4.98 Å². The van der Waals surface area contributed by atoms with Crippen LogP contribution in [-0.2, 0) is 10.0 Å². The molecule has 0 spiro atoms. The van der Waals surface area contributed by atoms with Gasteiger partial charge in [0.25, 0.3) is 10.0 Å². The third-order valence-corrected chi connectivity index (χ3v) is 6.06. The van der Waals surface area contributed by atoms with Gasteiger partial charge in [0.05, 0.1) is 16.9 Å². The third kappa shape index (κ3) is 2.22. The summed E-state index contributed by atoms with van der Waals surface area (Å²) in [6, 6.07) is 6.91. The van der Waals surface area contributed by atoms with Crippen LogP contribution < -0.4 is 4.31 Å². The Balaban J connectivity index is 2.16. The number of rotatable bonds is 4. The van der Waals surface area contributed by atoms with Crippen LogP contribution in [0.5, 0.6) is 0 Å². The molecule has 1 N–H and O–H groups in total. The van der Waals surface area contributed by atoms with Crippen LogP contribution in [0, 0.1) is 0 Å². The average molecular weight is 321 g/mol. The van der Waals surface area contributed by atoms with E-state index in [2.05, 4.69) is 9.97 Å². The number of carbonyl (C=O) groups excluding carboxylic acids is 1. The fourth-order valence-electron chi connectivity index (χ4n) is 2.07. The Morgan fingerprint density at radius 2 is 2.19 bits per heavy atom. The Morgan fingerprint density at radius 3 is 2.86 bits per heavy atom. The molecule has 0 fully saturated rings. The molecule has 2 aromatic heterocycles. The first-order valence-corrected chi connectivity index (χ1v) is 8.31. The molecule has 0 radical (unpaired) electrons. The predicted octanol–water partition coefficient (Wildman–Crippen LogP) is 2.26. The number of aromatic amines is 1. The maximum atomic E-state index is 12.5. The van der Waals surface area contributed by atoms with Crippen LogP contribution in [0.1, 0.15) is 10.5 Å². The zero-order valence-electron chi connectivity index (χ0n) is 11.0. The summed E-state index contributed by atoms with van der Waals surface area (Å²) < 4.78 is 26.2. The standard InChI is InChI=1S/C13H11N3O3S2/c1-16(21(18,19)13-14-5-6-20-13)11-4-2-3-9-7-10(8-17)15-12(9)11/h2-8,15H,1H3. The fourth-order valence-corrected chi connectivity index (χ4v) is 4.26. The van der Waals surface area contributed by atoms with Crippen molar-refractivity contribution in [2.75, 3.05) is 11.4 Å². The first kappa shape index (κ1) is 13.8. The molecule has 0 bridgehead atoms. The minimum absolute atomic E-state index is 0.0316. The highest BCUT2D eigenvalue weighted by Gasteiger charge is 2.25. The lowest BCUT2D eigenvalue weighted by atomic mass is 10.2. The van der Waals surface area contributed by atoms with E-state index in [1.54, 1.807) is 23.6 Å².